The number of rotatable bonds is 16. The zero-order valence-corrected chi connectivity index (χ0v) is 27.4. The summed E-state index contributed by atoms with van der Waals surface area (Å²) in [5, 5.41) is 0. The topological polar surface area (TPSA) is 98.8 Å². The third kappa shape index (κ3) is 10.3. The molecule has 0 unspecified atom stereocenters. The van der Waals surface area contributed by atoms with Crippen LogP contribution in [0.1, 0.15) is 22.3 Å². The molecule has 0 amide bonds. The summed E-state index contributed by atoms with van der Waals surface area (Å²) < 4.78 is 105. The maximum atomic E-state index is 13.3. The van der Waals surface area contributed by atoms with Gasteiger partial charge in [0.1, 0.15) is 30.2 Å². The fourth-order valence-corrected chi connectivity index (χ4v) is 5.58. The highest BCUT2D eigenvalue weighted by Gasteiger charge is 2.52. The van der Waals surface area contributed by atoms with Gasteiger partial charge in [0.2, 0.25) is 0 Å². The Bertz CT molecular complexity index is 1660. The minimum Gasteiger partial charge on any atom is -0.497 e. The zero-order chi connectivity index (χ0) is 34.7. The molecule has 4 aromatic carbocycles. The van der Waals surface area contributed by atoms with Crippen molar-refractivity contribution in [1.29, 1.82) is 0 Å². The van der Waals surface area contributed by atoms with Gasteiger partial charge in [0, 0.05) is 0 Å². The Kier molecular flexibility index (Phi) is 12.8. The van der Waals surface area contributed by atoms with Gasteiger partial charge >= 0.3 is 15.6 Å². The Labute approximate surface area is 283 Å². The number of alkyl halides is 3. The van der Waals surface area contributed by atoms with Crippen molar-refractivity contribution in [2.75, 3.05) is 13.7 Å². The lowest BCUT2D eigenvalue weighted by Gasteiger charge is -2.45. The third-order valence-electron chi connectivity index (χ3n) is 7.69. The SMILES string of the molecule is COc1ccc(CO[C@@H]2[C@H](OCc3ccccc3)[C@@H](OCc3ccccc3)[C@H](OCc3ccccc3)O[C@@H]2COS(=O)(=O)C(F)(F)F)cc1. The van der Waals surface area contributed by atoms with Crippen LogP contribution in [0.3, 0.4) is 0 Å². The molecule has 262 valence electrons. The van der Waals surface area contributed by atoms with Crippen LogP contribution in [0.25, 0.3) is 0 Å². The van der Waals surface area contributed by atoms with Crippen molar-refractivity contribution in [1.82, 2.24) is 0 Å². The number of hydrogen-bond donors (Lipinski definition) is 0. The van der Waals surface area contributed by atoms with Crippen LogP contribution in [0.15, 0.2) is 115 Å². The van der Waals surface area contributed by atoms with Crippen LogP contribution >= 0.6 is 0 Å². The molecule has 1 fully saturated rings. The highest BCUT2D eigenvalue weighted by Crippen LogP contribution is 2.33. The standard InChI is InChI=1S/C36H37F3O9S/c1-42-30-19-17-29(18-20-30)23-43-32-31(25-47-49(40,41)36(37,38)39)48-35(46-24-28-15-9-4-10-16-28)34(45-22-27-13-7-3-8-14-27)33(32)44-21-26-11-5-2-6-12-26/h2-20,31-35H,21-25H2,1H3/t31-,32+,33+,34-,35-/m1/s1. The van der Waals surface area contributed by atoms with Crippen molar-refractivity contribution in [3.05, 3.63) is 138 Å². The average molecular weight is 703 g/mol. The first kappa shape index (κ1) is 36.5. The second-order valence-corrected chi connectivity index (χ2v) is 12.8. The first-order valence-electron chi connectivity index (χ1n) is 15.5. The number of halogens is 3. The molecule has 0 saturated carbocycles. The fourth-order valence-electron chi connectivity index (χ4n) is 5.14. The van der Waals surface area contributed by atoms with Gasteiger partial charge in [0.05, 0.1) is 40.1 Å². The lowest BCUT2D eigenvalue weighted by atomic mass is 9.97. The molecule has 0 N–H and O–H groups in total. The number of benzene rings is 4. The van der Waals surface area contributed by atoms with Crippen molar-refractivity contribution < 1.29 is 54.2 Å². The average Bonchev–Trinajstić information content (AvgIpc) is 3.12. The van der Waals surface area contributed by atoms with E-state index < -0.39 is 52.9 Å². The minimum absolute atomic E-state index is 0.0350. The van der Waals surface area contributed by atoms with E-state index in [1.807, 2.05) is 91.0 Å². The first-order chi connectivity index (χ1) is 23.6. The van der Waals surface area contributed by atoms with E-state index in [2.05, 4.69) is 4.18 Å². The van der Waals surface area contributed by atoms with Crippen molar-refractivity contribution in [2.45, 2.75) is 62.6 Å². The van der Waals surface area contributed by atoms with Crippen molar-refractivity contribution in [2.24, 2.45) is 0 Å². The Balaban J connectivity index is 1.49. The van der Waals surface area contributed by atoms with Crippen LogP contribution in [0.4, 0.5) is 13.2 Å². The van der Waals surface area contributed by atoms with Crippen LogP contribution in [0.5, 0.6) is 5.75 Å². The van der Waals surface area contributed by atoms with E-state index in [-0.39, 0.29) is 26.4 Å². The van der Waals surface area contributed by atoms with Crippen LogP contribution in [-0.4, -0.2) is 58.3 Å². The lowest BCUT2D eigenvalue weighted by Crippen LogP contribution is -2.62. The van der Waals surface area contributed by atoms with Crippen LogP contribution < -0.4 is 4.74 Å². The summed E-state index contributed by atoms with van der Waals surface area (Å²) in [6, 6.07) is 34.7. The van der Waals surface area contributed by atoms with E-state index in [1.165, 1.54) is 7.11 Å². The second kappa shape index (κ2) is 17.2. The molecule has 0 aromatic heterocycles. The number of methoxy groups -OCH3 is 1. The first-order valence-corrected chi connectivity index (χ1v) is 16.9. The molecule has 49 heavy (non-hydrogen) atoms. The largest absolute Gasteiger partial charge is 0.523 e. The van der Waals surface area contributed by atoms with Gasteiger partial charge < -0.3 is 28.4 Å². The molecule has 5 rings (SSSR count). The molecule has 0 bridgehead atoms. The summed E-state index contributed by atoms with van der Waals surface area (Å²) in [6.07, 6.45) is -5.81. The Morgan fingerprint density at radius 2 is 1.02 bits per heavy atom. The second-order valence-electron chi connectivity index (χ2n) is 11.2. The van der Waals surface area contributed by atoms with Crippen molar-refractivity contribution >= 4 is 10.1 Å². The molecule has 0 spiro atoms. The summed E-state index contributed by atoms with van der Waals surface area (Å²) in [6.45, 7) is -0.837. The highest BCUT2D eigenvalue weighted by molar-refractivity contribution is 7.87. The third-order valence-corrected chi connectivity index (χ3v) is 8.70. The molecule has 9 nitrogen and oxygen atoms in total. The van der Waals surface area contributed by atoms with Gasteiger partial charge in [-0.3, -0.25) is 4.18 Å². The normalized spacial score (nSPS) is 21.3. The molecule has 1 heterocycles. The molecule has 0 aliphatic carbocycles. The molecular weight excluding hydrogens is 665 g/mol. The van der Waals surface area contributed by atoms with E-state index in [0.717, 1.165) is 16.7 Å². The van der Waals surface area contributed by atoms with Crippen molar-refractivity contribution in [3.8, 4) is 5.75 Å². The predicted octanol–water partition coefficient (Wildman–Crippen LogP) is 6.56. The molecule has 5 atom stereocenters. The van der Waals surface area contributed by atoms with Gasteiger partial charge in [-0.1, -0.05) is 103 Å². The maximum absolute atomic E-state index is 13.3. The number of hydrogen-bond acceptors (Lipinski definition) is 9. The van der Waals surface area contributed by atoms with E-state index in [4.69, 9.17) is 28.4 Å². The molecule has 4 aromatic rings. The summed E-state index contributed by atoms with van der Waals surface area (Å²) in [4.78, 5) is 0. The molecule has 0 radical (unpaired) electrons. The predicted molar refractivity (Wildman–Crippen MR) is 172 cm³/mol. The fraction of sp³-hybridized carbons (Fsp3) is 0.333. The number of ether oxygens (including phenoxy) is 6. The van der Waals surface area contributed by atoms with Gasteiger partial charge in [-0.2, -0.15) is 21.6 Å². The van der Waals surface area contributed by atoms with Crippen LogP contribution in [0.2, 0.25) is 0 Å². The molecular formula is C36H37F3O9S. The van der Waals surface area contributed by atoms with Gasteiger partial charge in [-0.25, -0.2) is 0 Å². The van der Waals surface area contributed by atoms with Gasteiger partial charge in [-0.15, -0.1) is 0 Å². The summed E-state index contributed by atoms with van der Waals surface area (Å²) >= 11 is 0. The zero-order valence-electron chi connectivity index (χ0n) is 26.6. The lowest BCUT2D eigenvalue weighted by molar-refractivity contribution is -0.328. The van der Waals surface area contributed by atoms with E-state index in [9.17, 15) is 21.6 Å². The Morgan fingerprint density at radius 1 is 0.592 bits per heavy atom. The molecule has 1 aliphatic heterocycles. The van der Waals surface area contributed by atoms with Gasteiger partial charge in [0.15, 0.2) is 6.29 Å². The van der Waals surface area contributed by atoms with Crippen LogP contribution in [0, 0.1) is 0 Å². The quantitative estimate of drug-likeness (QED) is 0.0950. The summed E-state index contributed by atoms with van der Waals surface area (Å²) in [5.41, 5.74) is -2.51. The minimum atomic E-state index is -5.96. The van der Waals surface area contributed by atoms with Gasteiger partial charge in [-0.05, 0) is 34.4 Å². The van der Waals surface area contributed by atoms with Gasteiger partial charge in [0.25, 0.3) is 0 Å². The monoisotopic (exact) mass is 702 g/mol. The summed E-state index contributed by atoms with van der Waals surface area (Å²) in [7, 11) is -4.43. The molecule has 13 heteroatoms. The molecule has 1 aliphatic rings. The van der Waals surface area contributed by atoms with E-state index >= 15 is 0 Å². The summed E-state index contributed by atoms with van der Waals surface area (Å²) in [5.74, 6) is 0.616. The van der Waals surface area contributed by atoms with E-state index in [1.54, 1.807) is 24.3 Å². The Hall–Kier alpha value is -3.82. The Morgan fingerprint density at radius 3 is 1.49 bits per heavy atom. The maximum Gasteiger partial charge on any atom is 0.523 e. The van der Waals surface area contributed by atoms with E-state index in [0.29, 0.717) is 11.3 Å². The van der Waals surface area contributed by atoms with Crippen LogP contribution in [-0.2, 0) is 64.4 Å². The smallest absolute Gasteiger partial charge is 0.497 e. The van der Waals surface area contributed by atoms with Crippen molar-refractivity contribution in [3.63, 3.8) is 0 Å². The highest BCUT2D eigenvalue weighted by atomic mass is 32.2. The molecule has 1 saturated heterocycles.